The molecule has 0 bridgehead atoms. The predicted octanol–water partition coefficient (Wildman–Crippen LogP) is 1.10. The van der Waals surface area contributed by atoms with Crippen LogP contribution in [-0.2, 0) is 0 Å². The van der Waals surface area contributed by atoms with Gasteiger partial charge in [-0.25, -0.2) is 10.5 Å². The van der Waals surface area contributed by atoms with Crippen molar-refractivity contribution in [3.63, 3.8) is 0 Å². The maximum absolute atomic E-state index is 12.2. The van der Waals surface area contributed by atoms with E-state index in [1.807, 2.05) is 0 Å². The Morgan fingerprint density at radius 3 is 2.67 bits per heavy atom. The van der Waals surface area contributed by atoms with E-state index in [4.69, 9.17) is 0 Å². The lowest BCUT2D eigenvalue weighted by atomic mass is 10.1. The van der Waals surface area contributed by atoms with Crippen LogP contribution in [0.1, 0.15) is 16.1 Å². The molecule has 120 valence electrons. The van der Waals surface area contributed by atoms with Crippen molar-refractivity contribution in [2.45, 2.75) is 0 Å². The van der Waals surface area contributed by atoms with Gasteiger partial charge in [0, 0.05) is 10.9 Å². The lowest BCUT2D eigenvalue weighted by Crippen LogP contribution is -2.22. The van der Waals surface area contributed by atoms with Crippen molar-refractivity contribution < 1.29 is 15.0 Å². The van der Waals surface area contributed by atoms with Gasteiger partial charge in [-0.1, -0.05) is 24.3 Å². The van der Waals surface area contributed by atoms with Crippen molar-refractivity contribution >= 4 is 22.9 Å². The van der Waals surface area contributed by atoms with Crippen LogP contribution in [0.5, 0.6) is 11.5 Å². The van der Waals surface area contributed by atoms with Crippen molar-refractivity contribution in [3.05, 3.63) is 64.1 Å². The Balaban J connectivity index is 1.86. The molecule has 1 aromatic heterocycles. The fraction of sp³-hybridized carbons (Fsp3) is 0. The third-order valence-electron chi connectivity index (χ3n) is 3.33. The van der Waals surface area contributed by atoms with Crippen LogP contribution >= 0.6 is 0 Å². The molecule has 8 heteroatoms. The van der Waals surface area contributed by atoms with E-state index in [2.05, 4.69) is 20.7 Å². The Kier molecular flexibility index (Phi) is 3.94. The number of hydrogen-bond donors (Lipinski definition) is 4. The number of fused-ring (bicyclic) bond motifs is 1. The van der Waals surface area contributed by atoms with E-state index in [9.17, 15) is 19.8 Å². The molecule has 0 aliphatic rings. The van der Waals surface area contributed by atoms with Gasteiger partial charge in [-0.15, -0.1) is 0 Å². The number of phenolic OH excluding ortho intramolecular Hbond substituents is 2. The lowest BCUT2D eigenvalue weighted by molar-refractivity contribution is 0.0951. The molecule has 0 atom stereocenters. The molecule has 4 N–H and O–H groups in total. The number of nitrogens with zero attached hydrogens (tertiary/aromatic N) is 2. The van der Waals surface area contributed by atoms with Gasteiger partial charge in [-0.05, 0) is 18.2 Å². The average molecular weight is 324 g/mol. The summed E-state index contributed by atoms with van der Waals surface area (Å²) in [6.45, 7) is 0. The third-order valence-corrected chi connectivity index (χ3v) is 3.33. The zero-order chi connectivity index (χ0) is 17.1. The number of para-hydroxylation sites is 1. The number of hydrazone groups is 1. The number of phenols is 2. The Morgan fingerprint density at radius 2 is 1.88 bits per heavy atom. The minimum Gasteiger partial charge on any atom is -0.504 e. The van der Waals surface area contributed by atoms with Crippen LogP contribution in [-0.4, -0.2) is 32.5 Å². The maximum atomic E-state index is 12.2. The predicted molar refractivity (Wildman–Crippen MR) is 87.2 cm³/mol. The van der Waals surface area contributed by atoms with Crippen molar-refractivity contribution in [2.75, 3.05) is 0 Å². The first-order valence-electron chi connectivity index (χ1n) is 6.89. The number of benzene rings is 2. The number of carbonyl (C=O) groups excluding carboxylic acids is 1. The van der Waals surface area contributed by atoms with Gasteiger partial charge in [0.15, 0.2) is 17.2 Å². The maximum Gasteiger partial charge on any atom is 0.292 e. The van der Waals surface area contributed by atoms with Crippen LogP contribution in [0.3, 0.4) is 0 Å². The van der Waals surface area contributed by atoms with Gasteiger partial charge in [0.05, 0.1) is 11.6 Å². The minimum atomic E-state index is -0.627. The second-order valence-electron chi connectivity index (χ2n) is 4.86. The monoisotopic (exact) mass is 324 g/mol. The zero-order valence-electron chi connectivity index (χ0n) is 12.2. The topological polar surface area (TPSA) is 128 Å². The highest BCUT2D eigenvalue weighted by atomic mass is 16.3. The second-order valence-corrected chi connectivity index (χ2v) is 4.86. The van der Waals surface area contributed by atoms with Crippen LogP contribution in [0.2, 0.25) is 0 Å². The van der Waals surface area contributed by atoms with E-state index in [0.717, 1.165) is 0 Å². The number of nitrogens with one attached hydrogen (secondary N) is 2. The number of rotatable bonds is 3. The van der Waals surface area contributed by atoms with Gasteiger partial charge in [0.2, 0.25) is 0 Å². The molecule has 0 radical (unpaired) electrons. The molecule has 0 spiro atoms. The van der Waals surface area contributed by atoms with Crippen molar-refractivity contribution in [1.29, 1.82) is 0 Å². The Bertz CT molecular complexity index is 1010. The van der Waals surface area contributed by atoms with Gasteiger partial charge < -0.3 is 10.2 Å². The molecule has 1 amide bonds. The van der Waals surface area contributed by atoms with Gasteiger partial charge >= 0.3 is 0 Å². The first-order chi connectivity index (χ1) is 11.6. The summed E-state index contributed by atoms with van der Waals surface area (Å²) in [5, 5.41) is 29.5. The Labute approximate surface area is 135 Å². The van der Waals surface area contributed by atoms with E-state index in [1.54, 1.807) is 24.3 Å². The molecule has 8 nitrogen and oxygen atoms in total. The molecule has 3 aromatic rings. The van der Waals surface area contributed by atoms with Crippen LogP contribution in [0.25, 0.3) is 10.8 Å². The molecule has 0 unspecified atom stereocenters. The van der Waals surface area contributed by atoms with Crippen LogP contribution in [0.4, 0.5) is 0 Å². The van der Waals surface area contributed by atoms with E-state index >= 15 is 0 Å². The molecular weight excluding hydrogens is 312 g/mol. The van der Waals surface area contributed by atoms with Crippen LogP contribution < -0.4 is 11.0 Å². The molecule has 0 aliphatic carbocycles. The summed E-state index contributed by atoms with van der Waals surface area (Å²) in [5.74, 6) is -1.26. The molecule has 24 heavy (non-hydrogen) atoms. The zero-order valence-corrected chi connectivity index (χ0v) is 12.2. The number of aromatic amines is 1. The van der Waals surface area contributed by atoms with Crippen LogP contribution in [0, 0.1) is 0 Å². The van der Waals surface area contributed by atoms with Gasteiger partial charge in [0.25, 0.3) is 11.5 Å². The quantitative estimate of drug-likeness (QED) is 0.326. The largest absolute Gasteiger partial charge is 0.504 e. The summed E-state index contributed by atoms with van der Waals surface area (Å²) in [5.41, 5.74) is 2.11. The lowest BCUT2D eigenvalue weighted by Gasteiger charge is -2.03. The van der Waals surface area contributed by atoms with E-state index in [0.29, 0.717) is 10.8 Å². The molecule has 0 aliphatic heterocycles. The minimum absolute atomic E-state index is 0.0162. The summed E-state index contributed by atoms with van der Waals surface area (Å²) >= 11 is 0. The normalized spacial score (nSPS) is 11.0. The number of carbonyl (C=O) groups is 1. The van der Waals surface area contributed by atoms with Gasteiger partial charge in [-0.3, -0.25) is 9.59 Å². The highest BCUT2D eigenvalue weighted by Gasteiger charge is 2.13. The van der Waals surface area contributed by atoms with Crippen molar-refractivity contribution in [1.82, 2.24) is 15.6 Å². The highest BCUT2D eigenvalue weighted by Crippen LogP contribution is 2.26. The first kappa shape index (κ1) is 15.2. The third kappa shape index (κ3) is 2.80. The Morgan fingerprint density at radius 1 is 1.12 bits per heavy atom. The molecule has 2 aromatic carbocycles. The Hall–Kier alpha value is -3.68. The summed E-state index contributed by atoms with van der Waals surface area (Å²) in [4.78, 5) is 23.9. The van der Waals surface area contributed by atoms with Crippen molar-refractivity contribution in [2.24, 2.45) is 5.10 Å². The standard InChI is InChI=1S/C16H12N4O4/c21-12-7-3-4-9(14(12)22)8-17-19-16(24)13-10-5-1-2-6-11(10)15(23)20-18-13/h1-8,21-22H,(H,19,24)(H,20,23)/b17-8+. The highest BCUT2D eigenvalue weighted by molar-refractivity contribution is 6.04. The number of H-pyrrole nitrogens is 1. The molecule has 0 fully saturated rings. The SMILES string of the molecule is O=C(N/N=C/c1cccc(O)c1O)c1n[nH]c(=O)c2ccccc12. The van der Waals surface area contributed by atoms with Gasteiger partial charge in [-0.2, -0.15) is 10.2 Å². The molecule has 3 rings (SSSR count). The van der Waals surface area contributed by atoms with Crippen LogP contribution in [0.15, 0.2) is 52.4 Å². The summed E-state index contributed by atoms with van der Waals surface area (Å²) < 4.78 is 0. The number of hydrogen-bond acceptors (Lipinski definition) is 6. The van der Waals surface area contributed by atoms with Crippen molar-refractivity contribution in [3.8, 4) is 11.5 Å². The smallest absolute Gasteiger partial charge is 0.292 e. The molecular formula is C16H12N4O4. The van der Waals surface area contributed by atoms with E-state index < -0.39 is 11.5 Å². The summed E-state index contributed by atoms with van der Waals surface area (Å²) in [7, 11) is 0. The van der Waals surface area contributed by atoms with Gasteiger partial charge in [0.1, 0.15) is 0 Å². The summed E-state index contributed by atoms with van der Waals surface area (Å²) in [6, 6.07) is 10.9. The number of amides is 1. The molecule has 1 heterocycles. The summed E-state index contributed by atoms with van der Waals surface area (Å²) in [6.07, 6.45) is 1.18. The fourth-order valence-corrected chi connectivity index (χ4v) is 2.15. The van der Waals surface area contributed by atoms with E-state index in [1.165, 1.54) is 24.4 Å². The molecule has 0 saturated carbocycles. The average Bonchev–Trinajstić information content (AvgIpc) is 2.59. The fourth-order valence-electron chi connectivity index (χ4n) is 2.15. The number of aromatic nitrogens is 2. The van der Waals surface area contributed by atoms with E-state index in [-0.39, 0.29) is 22.8 Å². The second kappa shape index (κ2) is 6.21. The molecule has 0 saturated heterocycles. The number of aromatic hydroxyl groups is 2. The first-order valence-corrected chi connectivity index (χ1v) is 6.89.